The molecule has 1 unspecified atom stereocenters. The lowest BCUT2D eigenvalue weighted by molar-refractivity contribution is 0.0513. The molecule has 0 spiro atoms. The van der Waals surface area contributed by atoms with E-state index in [1.807, 2.05) is 6.92 Å². The van der Waals surface area contributed by atoms with Crippen molar-refractivity contribution in [3.63, 3.8) is 0 Å². The van der Waals surface area contributed by atoms with Crippen LogP contribution in [0.3, 0.4) is 0 Å². The minimum absolute atomic E-state index is 0.244. The first-order valence-corrected chi connectivity index (χ1v) is 10.1. The van der Waals surface area contributed by atoms with Crippen molar-refractivity contribution in [2.45, 2.75) is 43.0 Å². The predicted molar refractivity (Wildman–Crippen MR) is 109 cm³/mol. The Morgan fingerprint density at radius 1 is 1.43 bits per heavy atom. The van der Waals surface area contributed by atoms with E-state index in [4.69, 9.17) is 15.4 Å². The summed E-state index contributed by atoms with van der Waals surface area (Å²) in [5, 5.41) is 19.3. The first-order chi connectivity index (χ1) is 13.5. The lowest BCUT2D eigenvalue weighted by atomic mass is 10.2. The van der Waals surface area contributed by atoms with Gasteiger partial charge in [-0.1, -0.05) is 0 Å². The summed E-state index contributed by atoms with van der Waals surface area (Å²) in [6.45, 7) is 4.25. The van der Waals surface area contributed by atoms with E-state index in [1.165, 1.54) is 6.21 Å². The first kappa shape index (κ1) is 21.4. The highest BCUT2D eigenvalue weighted by atomic mass is 32.2. The molecular formula is C20H24N4O3S. The Labute approximate surface area is 167 Å². The van der Waals surface area contributed by atoms with Crippen LogP contribution >= 0.6 is 0 Å². The molecule has 0 aliphatic carbocycles. The lowest BCUT2D eigenvalue weighted by Gasteiger charge is -2.11. The topological polar surface area (TPSA) is 108 Å². The maximum Gasteiger partial charge on any atom is 0.354 e. The number of benzene rings is 1. The number of unbranched alkanes of at least 4 members (excludes halogenated alkanes) is 1. The van der Waals surface area contributed by atoms with Crippen LogP contribution in [-0.2, 0) is 22.1 Å². The molecule has 2 N–H and O–H groups in total. The van der Waals surface area contributed by atoms with Gasteiger partial charge in [0.15, 0.2) is 0 Å². The van der Waals surface area contributed by atoms with E-state index in [9.17, 15) is 9.00 Å². The highest BCUT2D eigenvalue weighted by Gasteiger charge is 2.22. The van der Waals surface area contributed by atoms with Crippen molar-refractivity contribution in [3.8, 4) is 6.07 Å². The number of hydrogen-bond acceptors (Lipinski definition) is 6. The maximum absolute atomic E-state index is 13.2. The molecule has 148 valence electrons. The van der Waals surface area contributed by atoms with E-state index in [2.05, 4.69) is 11.4 Å². The summed E-state index contributed by atoms with van der Waals surface area (Å²) in [6, 6.07) is 8.91. The normalized spacial score (nSPS) is 11.5. The number of carbonyl (C=O) groups excluding carboxylic acids is 1. The number of anilines is 1. The molecule has 0 aliphatic heterocycles. The smallest absolute Gasteiger partial charge is 0.354 e. The Morgan fingerprint density at radius 3 is 2.79 bits per heavy atom. The predicted octanol–water partition coefficient (Wildman–Crippen LogP) is 3.48. The zero-order valence-electron chi connectivity index (χ0n) is 16.2. The Balaban J connectivity index is 2.48. The van der Waals surface area contributed by atoms with Crippen molar-refractivity contribution in [1.82, 2.24) is 4.57 Å². The third kappa shape index (κ3) is 4.49. The quantitative estimate of drug-likeness (QED) is 0.381. The number of nitrogens with one attached hydrogen (secondary N) is 2. The zero-order valence-corrected chi connectivity index (χ0v) is 17.1. The average molecular weight is 401 g/mol. The summed E-state index contributed by atoms with van der Waals surface area (Å²) in [6.07, 6.45) is 2.16. The number of carbonyl (C=O) groups is 1. The summed E-state index contributed by atoms with van der Waals surface area (Å²) >= 11 is 0. The number of aromatic nitrogens is 1. The van der Waals surface area contributed by atoms with E-state index < -0.39 is 16.8 Å². The fourth-order valence-corrected chi connectivity index (χ4v) is 4.19. The number of esters is 1. The molecule has 8 heteroatoms. The average Bonchev–Trinajstić information content (AvgIpc) is 3.03. The van der Waals surface area contributed by atoms with E-state index in [0.29, 0.717) is 46.1 Å². The van der Waals surface area contributed by atoms with Crippen LogP contribution in [0.4, 0.5) is 5.69 Å². The molecule has 0 saturated carbocycles. The minimum atomic E-state index is -1.52. The minimum Gasteiger partial charge on any atom is -0.461 e. The van der Waals surface area contributed by atoms with Crippen molar-refractivity contribution in [1.29, 1.82) is 10.7 Å². The number of ether oxygens (including phenoxy) is 1. The van der Waals surface area contributed by atoms with Crippen molar-refractivity contribution >= 4 is 28.7 Å². The highest BCUT2D eigenvalue weighted by molar-refractivity contribution is 7.85. The van der Waals surface area contributed by atoms with Gasteiger partial charge >= 0.3 is 5.97 Å². The summed E-state index contributed by atoms with van der Waals surface area (Å²) in [4.78, 5) is 13.4. The molecule has 0 bridgehead atoms. The van der Waals surface area contributed by atoms with Crippen LogP contribution in [0.1, 0.15) is 41.5 Å². The monoisotopic (exact) mass is 400 g/mol. The maximum atomic E-state index is 13.2. The van der Waals surface area contributed by atoms with E-state index in [-0.39, 0.29) is 6.61 Å². The molecule has 0 fully saturated rings. The van der Waals surface area contributed by atoms with Crippen molar-refractivity contribution in [2.24, 2.45) is 0 Å². The van der Waals surface area contributed by atoms with Crippen LogP contribution in [0.15, 0.2) is 34.1 Å². The van der Waals surface area contributed by atoms with Gasteiger partial charge in [-0.25, -0.2) is 9.00 Å². The fraction of sp³-hybridized carbons (Fsp3) is 0.350. The first-order valence-electron chi connectivity index (χ1n) is 8.96. The summed E-state index contributed by atoms with van der Waals surface area (Å²) in [5.41, 5.74) is 2.44. The fourth-order valence-electron chi connectivity index (χ4n) is 2.92. The van der Waals surface area contributed by atoms with Gasteiger partial charge in [0, 0.05) is 48.1 Å². The van der Waals surface area contributed by atoms with Gasteiger partial charge in [0.1, 0.15) is 5.69 Å². The molecule has 7 nitrogen and oxygen atoms in total. The van der Waals surface area contributed by atoms with Gasteiger partial charge in [0.05, 0.1) is 28.4 Å². The van der Waals surface area contributed by atoms with Gasteiger partial charge in [0.2, 0.25) is 0 Å². The second-order valence-electron chi connectivity index (χ2n) is 6.03. The van der Waals surface area contributed by atoms with Crippen molar-refractivity contribution in [2.75, 3.05) is 19.0 Å². The third-order valence-electron chi connectivity index (χ3n) is 4.34. The molecule has 1 atom stereocenters. The summed E-state index contributed by atoms with van der Waals surface area (Å²) < 4.78 is 20.1. The molecule has 0 saturated heterocycles. The SMILES string of the molecule is CCOC(=O)c1cc(S(=O)c2ccc(NC)c(C=N)c2)c(C)n1CCCC#N. The Bertz CT molecular complexity index is 944. The molecule has 1 aromatic heterocycles. The van der Waals surface area contributed by atoms with Crippen molar-refractivity contribution in [3.05, 3.63) is 41.2 Å². The molecule has 0 radical (unpaired) electrons. The highest BCUT2D eigenvalue weighted by Crippen LogP contribution is 2.27. The standard InChI is InChI=1S/C20H24N4O3S/c1-4-27-20(25)18-12-19(14(2)24(18)10-6-5-9-21)28(26)16-7-8-17(23-3)15(11-16)13-22/h7-8,11-13,22-23H,4-6,10H2,1-3H3. The van der Waals surface area contributed by atoms with E-state index in [0.717, 1.165) is 5.69 Å². The Kier molecular flexibility index (Phi) is 7.52. The van der Waals surface area contributed by atoms with Gasteiger partial charge in [-0.15, -0.1) is 0 Å². The Hall–Kier alpha value is -2.92. The van der Waals surface area contributed by atoms with Crippen LogP contribution in [-0.4, -0.2) is 34.6 Å². The number of hydrogen-bond donors (Lipinski definition) is 2. The van der Waals surface area contributed by atoms with Crippen LogP contribution < -0.4 is 5.32 Å². The van der Waals surface area contributed by atoms with Gasteiger partial charge in [-0.3, -0.25) is 0 Å². The van der Waals surface area contributed by atoms with Gasteiger partial charge in [-0.2, -0.15) is 5.26 Å². The summed E-state index contributed by atoms with van der Waals surface area (Å²) in [7, 11) is 0.238. The van der Waals surface area contributed by atoms with Crippen LogP contribution in [0.25, 0.3) is 0 Å². The van der Waals surface area contributed by atoms with Crippen LogP contribution in [0.5, 0.6) is 0 Å². The Morgan fingerprint density at radius 2 is 2.18 bits per heavy atom. The number of nitriles is 1. The van der Waals surface area contributed by atoms with Gasteiger partial charge in [-0.05, 0) is 44.5 Å². The molecule has 2 aromatic rings. The van der Waals surface area contributed by atoms with E-state index in [1.54, 1.807) is 42.8 Å². The molecule has 2 rings (SSSR count). The molecule has 1 aromatic carbocycles. The molecule has 28 heavy (non-hydrogen) atoms. The van der Waals surface area contributed by atoms with Crippen molar-refractivity contribution < 1.29 is 13.7 Å². The van der Waals surface area contributed by atoms with Gasteiger partial charge < -0.3 is 20.0 Å². The second kappa shape index (κ2) is 9.85. The second-order valence-corrected chi connectivity index (χ2v) is 7.47. The van der Waals surface area contributed by atoms with Gasteiger partial charge in [0.25, 0.3) is 0 Å². The molecule has 0 aliphatic rings. The lowest BCUT2D eigenvalue weighted by Crippen LogP contribution is -2.13. The van der Waals surface area contributed by atoms with E-state index >= 15 is 0 Å². The zero-order chi connectivity index (χ0) is 20.7. The third-order valence-corrected chi connectivity index (χ3v) is 5.83. The largest absolute Gasteiger partial charge is 0.461 e. The molecule has 1 heterocycles. The van der Waals surface area contributed by atoms with Crippen LogP contribution in [0.2, 0.25) is 0 Å². The van der Waals surface area contributed by atoms with Crippen LogP contribution in [0, 0.1) is 23.7 Å². The molecule has 0 amide bonds. The number of rotatable bonds is 9. The molecular weight excluding hydrogens is 376 g/mol. The summed E-state index contributed by atoms with van der Waals surface area (Å²) in [5.74, 6) is -0.475. The number of nitrogens with zero attached hydrogens (tertiary/aromatic N) is 2.